The van der Waals surface area contributed by atoms with Crippen LogP contribution in [0.3, 0.4) is 0 Å². The molecule has 0 heterocycles. The number of nitrogens with one attached hydrogen (secondary N) is 1. The van der Waals surface area contributed by atoms with Gasteiger partial charge in [0.1, 0.15) is 0 Å². The maximum Gasteiger partial charge on any atom is 0.241 e. The molecule has 0 aliphatic heterocycles. The molecule has 0 saturated carbocycles. The van der Waals surface area contributed by atoms with Gasteiger partial charge < -0.3 is 16.0 Å². The Morgan fingerprint density at radius 1 is 1.32 bits per heavy atom. The van der Waals surface area contributed by atoms with Gasteiger partial charge in [0.25, 0.3) is 0 Å². The van der Waals surface area contributed by atoms with Gasteiger partial charge in [0, 0.05) is 12.2 Å². The maximum atomic E-state index is 11.9. The predicted molar refractivity (Wildman–Crippen MR) is 79.9 cm³/mol. The van der Waals surface area contributed by atoms with Crippen LogP contribution in [0.2, 0.25) is 0 Å². The van der Waals surface area contributed by atoms with Crippen LogP contribution in [0.15, 0.2) is 24.3 Å². The summed E-state index contributed by atoms with van der Waals surface area (Å²) in [5, 5.41) is 2.86. The summed E-state index contributed by atoms with van der Waals surface area (Å²) in [7, 11) is 4.06. The van der Waals surface area contributed by atoms with E-state index in [1.54, 1.807) is 0 Å². The number of rotatable bonds is 6. The molecular formula is C15H25N3O. The van der Waals surface area contributed by atoms with Gasteiger partial charge in [-0.1, -0.05) is 32.4 Å². The van der Waals surface area contributed by atoms with Crippen molar-refractivity contribution in [1.82, 2.24) is 4.90 Å². The summed E-state index contributed by atoms with van der Waals surface area (Å²) in [5.74, 6) is 0.0720. The Labute approximate surface area is 116 Å². The molecular weight excluding hydrogens is 238 g/mol. The van der Waals surface area contributed by atoms with Gasteiger partial charge in [0.15, 0.2) is 0 Å². The molecule has 0 radical (unpaired) electrons. The third kappa shape index (κ3) is 5.01. The summed E-state index contributed by atoms with van der Waals surface area (Å²) in [6, 6.07) is 7.42. The first-order valence-electron chi connectivity index (χ1n) is 6.74. The fourth-order valence-electron chi connectivity index (χ4n) is 1.80. The Morgan fingerprint density at radius 2 is 1.89 bits per heavy atom. The fourth-order valence-corrected chi connectivity index (χ4v) is 1.80. The zero-order valence-electron chi connectivity index (χ0n) is 12.3. The van der Waals surface area contributed by atoms with Crippen LogP contribution in [0.5, 0.6) is 0 Å². The monoisotopic (exact) mass is 263 g/mol. The highest BCUT2D eigenvalue weighted by Gasteiger charge is 2.19. The molecule has 4 heteroatoms. The lowest BCUT2D eigenvalue weighted by Gasteiger charge is -2.18. The van der Waals surface area contributed by atoms with Crippen LogP contribution in [0.25, 0.3) is 0 Å². The Hall–Kier alpha value is -1.39. The van der Waals surface area contributed by atoms with Crippen molar-refractivity contribution in [3.05, 3.63) is 29.8 Å². The van der Waals surface area contributed by atoms with Crippen LogP contribution in [0.1, 0.15) is 25.8 Å². The van der Waals surface area contributed by atoms with Gasteiger partial charge >= 0.3 is 0 Å². The highest BCUT2D eigenvalue weighted by atomic mass is 16.2. The Kier molecular flexibility index (Phi) is 5.99. The number of hydrogen-bond acceptors (Lipinski definition) is 3. The zero-order valence-corrected chi connectivity index (χ0v) is 12.3. The number of nitrogens with zero attached hydrogens (tertiary/aromatic N) is 1. The molecule has 1 rings (SSSR count). The van der Waals surface area contributed by atoms with Gasteiger partial charge in [0.2, 0.25) is 5.91 Å². The lowest BCUT2D eigenvalue weighted by molar-refractivity contribution is -0.118. The highest BCUT2D eigenvalue weighted by molar-refractivity contribution is 5.94. The quantitative estimate of drug-likeness (QED) is 0.826. The second-order valence-electron chi connectivity index (χ2n) is 5.34. The van der Waals surface area contributed by atoms with Crippen LogP contribution in [-0.2, 0) is 11.3 Å². The van der Waals surface area contributed by atoms with E-state index in [0.717, 1.165) is 18.7 Å². The van der Waals surface area contributed by atoms with Crippen molar-refractivity contribution in [1.29, 1.82) is 0 Å². The Morgan fingerprint density at radius 3 is 2.37 bits per heavy atom. The molecule has 0 aromatic heterocycles. The summed E-state index contributed by atoms with van der Waals surface area (Å²) in [5.41, 5.74) is 7.91. The molecule has 2 unspecified atom stereocenters. The minimum absolute atomic E-state index is 0.116. The number of amides is 1. The van der Waals surface area contributed by atoms with Crippen LogP contribution >= 0.6 is 0 Å². The van der Waals surface area contributed by atoms with Crippen molar-refractivity contribution in [3.63, 3.8) is 0 Å². The predicted octanol–water partition coefficient (Wildman–Crippen LogP) is 2.06. The fraction of sp³-hybridized carbons (Fsp3) is 0.533. The van der Waals surface area contributed by atoms with Gasteiger partial charge in [-0.15, -0.1) is 0 Å². The summed E-state index contributed by atoms with van der Waals surface area (Å²) < 4.78 is 0. The molecule has 0 fully saturated rings. The minimum Gasteiger partial charge on any atom is -0.325 e. The Balaban J connectivity index is 2.60. The molecule has 19 heavy (non-hydrogen) atoms. The smallest absolute Gasteiger partial charge is 0.241 e. The molecule has 1 amide bonds. The van der Waals surface area contributed by atoms with Crippen LogP contribution in [-0.4, -0.2) is 30.9 Å². The first-order chi connectivity index (χ1) is 8.93. The van der Waals surface area contributed by atoms with Crippen molar-refractivity contribution < 1.29 is 4.79 Å². The van der Waals surface area contributed by atoms with E-state index < -0.39 is 6.04 Å². The summed E-state index contributed by atoms with van der Waals surface area (Å²) in [4.78, 5) is 14.0. The molecule has 1 aromatic carbocycles. The SMILES string of the molecule is CCC(C)C(N)C(=O)Nc1ccc(CN(C)C)cc1. The third-order valence-corrected chi connectivity index (χ3v) is 3.28. The lowest BCUT2D eigenvalue weighted by Crippen LogP contribution is -2.40. The van der Waals surface area contributed by atoms with Gasteiger partial charge in [0.05, 0.1) is 6.04 Å². The van der Waals surface area contributed by atoms with Gasteiger partial charge in [-0.3, -0.25) is 4.79 Å². The van der Waals surface area contributed by atoms with E-state index >= 15 is 0 Å². The summed E-state index contributed by atoms with van der Waals surface area (Å²) in [6.07, 6.45) is 0.899. The van der Waals surface area contributed by atoms with Gasteiger partial charge in [-0.2, -0.15) is 0 Å². The molecule has 2 atom stereocenters. The molecule has 1 aromatic rings. The van der Waals surface area contributed by atoms with E-state index in [1.165, 1.54) is 5.56 Å². The number of nitrogens with two attached hydrogens (primary N) is 1. The first-order valence-corrected chi connectivity index (χ1v) is 6.74. The van der Waals surface area contributed by atoms with E-state index in [4.69, 9.17) is 5.73 Å². The van der Waals surface area contributed by atoms with Crippen molar-refractivity contribution >= 4 is 11.6 Å². The number of benzene rings is 1. The molecule has 3 N–H and O–H groups in total. The Bertz CT molecular complexity index is 400. The van der Waals surface area contributed by atoms with Crippen molar-refractivity contribution in [2.75, 3.05) is 19.4 Å². The van der Waals surface area contributed by atoms with Gasteiger partial charge in [-0.25, -0.2) is 0 Å². The van der Waals surface area contributed by atoms with E-state index in [-0.39, 0.29) is 11.8 Å². The van der Waals surface area contributed by atoms with Crippen LogP contribution in [0.4, 0.5) is 5.69 Å². The standard InChI is InChI=1S/C15H25N3O/c1-5-11(2)14(16)15(19)17-13-8-6-12(7-9-13)10-18(3)4/h6-9,11,14H,5,10,16H2,1-4H3,(H,17,19). The van der Waals surface area contributed by atoms with Crippen molar-refractivity contribution in [3.8, 4) is 0 Å². The number of anilines is 1. The average molecular weight is 263 g/mol. The van der Waals surface area contributed by atoms with Crippen molar-refractivity contribution in [2.45, 2.75) is 32.9 Å². The maximum absolute atomic E-state index is 11.9. The first kappa shape index (κ1) is 15.7. The normalized spacial score (nSPS) is 14.2. The van der Waals surface area contributed by atoms with Crippen LogP contribution < -0.4 is 11.1 Å². The number of carbonyl (C=O) groups excluding carboxylic acids is 1. The number of hydrogen-bond donors (Lipinski definition) is 2. The molecule has 0 aliphatic carbocycles. The van der Waals surface area contributed by atoms with E-state index in [1.807, 2.05) is 52.2 Å². The average Bonchev–Trinajstić information content (AvgIpc) is 2.38. The molecule has 0 spiro atoms. The number of carbonyl (C=O) groups is 1. The van der Waals surface area contributed by atoms with E-state index in [9.17, 15) is 4.79 Å². The largest absolute Gasteiger partial charge is 0.325 e. The second kappa shape index (κ2) is 7.26. The second-order valence-corrected chi connectivity index (χ2v) is 5.34. The lowest BCUT2D eigenvalue weighted by atomic mass is 9.99. The van der Waals surface area contributed by atoms with Gasteiger partial charge in [-0.05, 0) is 37.7 Å². The summed E-state index contributed by atoms with van der Waals surface area (Å²) in [6.45, 7) is 4.92. The molecule has 0 aliphatic rings. The molecule has 0 saturated heterocycles. The third-order valence-electron chi connectivity index (χ3n) is 3.28. The summed E-state index contributed by atoms with van der Waals surface area (Å²) >= 11 is 0. The van der Waals surface area contributed by atoms with E-state index in [0.29, 0.717) is 0 Å². The highest BCUT2D eigenvalue weighted by Crippen LogP contribution is 2.13. The van der Waals surface area contributed by atoms with Crippen molar-refractivity contribution in [2.24, 2.45) is 11.7 Å². The molecule has 4 nitrogen and oxygen atoms in total. The minimum atomic E-state index is -0.452. The van der Waals surface area contributed by atoms with Crippen LogP contribution in [0, 0.1) is 5.92 Å². The van der Waals surface area contributed by atoms with E-state index in [2.05, 4.69) is 10.2 Å². The topological polar surface area (TPSA) is 58.4 Å². The zero-order chi connectivity index (χ0) is 14.4. The molecule has 106 valence electrons. The molecule has 0 bridgehead atoms.